The first-order valence-corrected chi connectivity index (χ1v) is 6.22. The predicted octanol–water partition coefficient (Wildman–Crippen LogP) is 2.50. The quantitative estimate of drug-likeness (QED) is 0.694. The molecule has 3 heteroatoms. The molecule has 1 aromatic carbocycles. The number of hydrogen-bond acceptors (Lipinski definition) is 2. The number of rotatable bonds is 5. The summed E-state index contributed by atoms with van der Waals surface area (Å²) in [7, 11) is 2.29. The summed E-state index contributed by atoms with van der Waals surface area (Å²) in [6, 6.07) is 10.4. The van der Waals surface area contributed by atoms with Crippen LogP contribution in [0.25, 0.3) is 0 Å². The minimum Gasteiger partial charge on any atom is -0.396 e. The van der Waals surface area contributed by atoms with Crippen molar-refractivity contribution in [2.24, 2.45) is 0 Å². The average Bonchev–Trinajstić information content (AvgIpc) is 2.27. The van der Waals surface area contributed by atoms with Gasteiger partial charge in [0.25, 0.3) is 0 Å². The van der Waals surface area contributed by atoms with E-state index in [1.165, 1.54) is 5.56 Å². The Bertz CT molecular complexity index is 247. The average molecular weight is 209 g/mol. The van der Waals surface area contributed by atoms with E-state index in [0.717, 1.165) is 6.42 Å². The van der Waals surface area contributed by atoms with Gasteiger partial charge in [0.1, 0.15) is 0 Å². The van der Waals surface area contributed by atoms with Gasteiger partial charge in [-0.3, -0.25) is 0 Å². The first-order valence-electron chi connectivity index (χ1n) is 4.83. The molecule has 0 saturated heterocycles. The van der Waals surface area contributed by atoms with E-state index >= 15 is 0 Å². The van der Waals surface area contributed by atoms with Gasteiger partial charge in [-0.1, -0.05) is 37.3 Å². The molecule has 1 radical (unpaired) electrons. The second kappa shape index (κ2) is 5.96. The van der Waals surface area contributed by atoms with E-state index in [0.29, 0.717) is 5.54 Å². The topological polar surface area (TPSA) is 18.5 Å². The molecule has 1 aromatic rings. The Kier molecular flexibility index (Phi) is 4.86. The highest BCUT2D eigenvalue weighted by atomic mass is 28.3. The maximum Gasteiger partial charge on any atom is 0.392 e. The Balaban J connectivity index is 2.81. The lowest BCUT2D eigenvalue weighted by molar-refractivity contribution is 0.265. The van der Waals surface area contributed by atoms with Gasteiger partial charge in [0.15, 0.2) is 0 Å². The van der Waals surface area contributed by atoms with Crippen LogP contribution in [-0.2, 0) is 8.85 Å². The van der Waals surface area contributed by atoms with Crippen LogP contribution in [0, 0.1) is 0 Å². The SMILES string of the molecule is CCC(c1ccccc1)[Si](OC)OC. The summed E-state index contributed by atoms with van der Waals surface area (Å²) < 4.78 is 10.8. The molecule has 1 unspecified atom stereocenters. The van der Waals surface area contributed by atoms with E-state index in [4.69, 9.17) is 8.85 Å². The van der Waals surface area contributed by atoms with Crippen LogP contribution >= 0.6 is 0 Å². The monoisotopic (exact) mass is 209 g/mol. The highest BCUT2D eigenvalue weighted by Crippen LogP contribution is 2.22. The molecule has 0 saturated carbocycles. The van der Waals surface area contributed by atoms with Crippen molar-refractivity contribution in [1.82, 2.24) is 0 Å². The van der Waals surface area contributed by atoms with E-state index < -0.39 is 9.28 Å². The van der Waals surface area contributed by atoms with Crippen LogP contribution in [0.2, 0.25) is 0 Å². The van der Waals surface area contributed by atoms with Crippen molar-refractivity contribution < 1.29 is 8.85 Å². The molecular weight excluding hydrogens is 192 g/mol. The van der Waals surface area contributed by atoms with Gasteiger partial charge in [0, 0.05) is 19.8 Å². The first-order chi connectivity index (χ1) is 6.83. The van der Waals surface area contributed by atoms with Crippen LogP contribution in [0.5, 0.6) is 0 Å². The fraction of sp³-hybridized carbons (Fsp3) is 0.455. The molecule has 0 spiro atoms. The Labute approximate surface area is 87.7 Å². The summed E-state index contributed by atoms with van der Waals surface area (Å²) in [5, 5.41) is 0. The van der Waals surface area contributed by atoms with Crippen molar-refractivity contribution in [3.63, 3.8) is 0 Å². The Morgan fingerprint density at radius 3 is 2.14 bits per heavy atom. The van der Waals surface area contributed by atoms with Crippen molar-refractivity contribution >= 4 is 9.28 Å². The third-order valence-corrected chi connectivity index (χ3v) is 4.41. The molecule has 0 aliphatic rings. The minimum atomic E-state index is -1.16. The van der Waals surface area contributed by atoms with E-state index in [9.17, 15) is 0 Å². The van der Waals surface area contributed by atoms with Gasteiger partial charge in [-0.25, -0.2) is 0 Å². The van der Waals surface area contributed by atoms with Crippen LogP contribution in [0.1, 0.15) is 24.4 Å². The van der Waals surface area contributed by atoms with Crippen LogP contribution < -0.4 is 0 Å². The van der Waals surface area contributed by atoms with Gasteiger partial charge >= 0.3 is 9.28 Å². The third kappa shape index (κ3) is 2.67. The van der Waals surface area contributed by atoms with Gasteiger partial charge in [-0.2, -0.15) is 0 Å². The molecule has 2 nitrogen and oxygen atoms in total. The molecule has 0 bridgehead atoms. The summed E-state index contributed by atoms with van der Waals surface area (Å²) in [5.74, 6) is 0. The van der Waals surface area contributed by atoms with E-state index in [2.05, 4.69) is 31.2 Å². The maximum absolute atomic E-state index is 5.39. The molecule has 0 aromatic heterocycles. The molecule has 0 aliphatic carbocycles. The normalized spacial score (nSPS) is 13.1. The zero-order valence-electron chi connectivity index (χ0n) is 8.99. The lowest BCUT2D eigenvalue weighted by Gasteiger charge is -2.20. The van der Waals surface area contributed by atoms with Crippen molar-refractivity contribution in [2.45, 2.75) is 18.9 Å². The van der Waals surface area contributed by atoms with E-state index in [1.54, 1.807) is 14.2 Å². The molecular formula is C11H17O2Si. The summed E-state index contributed by atoms with van der Waals surface area (Å²) in [6.45, 7) is 2.17. The Morgan fingerprint density at radius 1 is 1.14 bits per heavy atom. The minimum absolute atomic E-state index is 0.413. The third-order valence-electron chi connectivity index (χ3n) is 2.30. The van der Waals surface area contributed by atoms with Crippen LogP contribution in [0.15, 0.2) is 30.3 Å². The molecule has 0 heterocycles. The van der Waals surface area contributed by atoms with Crippen LogP contribution in [-0.4, -0.2) is 23.5 Å². The molecule has 77 valence electrons. The highest BCUT2D eigenvalue weighted by Gasteiger charge is 2.25. The number of benzene rings is 1. The fourth-order valence-electron chi connectivity index (χ4n) is 1.59. The molecule has 0 fully saturated rings. The Hall–Kier alpha value is -0.643. The second-order valence-electron chi connectivity index (χ2n) is 3.10. The summed E-state index contributed by atoms with van der Waals surface area (Å²) in [5.41, 5.74) is 1.73. The molecule has 14 heavy (non-hydrogen) atoms. The molecule has 1 atom stereocenters. The smallest absolute Gasteiger partial charge is 0.392 e. The Morgan fingerprint density at radius 2 is 1.71 bits per heavy atom. The molecule has 1 rings (SSSR count). The van der Waals surface area contributed by atoms with Gasteiger partial charge in [0.2, 0.25) is 0 Å². The molecule has 0 aliphatic heterocycles. The lowest BCUT2D eigenvalue weighted by atomic mass is 10.1. The van der Waals surface area contributed by atoms with E-state index in [1.807, 2.05) is 6.07 Å². The van der Waals surface area contributed by atoms with Crippen LogP contribution in [0.4, 0.5) is 0 Å². The van der Waals surface area contributed by atoms with Crippen LogP contribution in [0.3, 0.4) is 0 Å². The van der Waals surface area contributed by atoms with Crippen molar-refractivity contribution in [1.29, 1.82) is 0 Å². The van der Waals surface area contributed by atoms with Crippen molar-refractivity contribution in [2.75, 3.05) is 14.2 Å². The number of hydrogen-bond donors (Lipinski definition) is 0. The zero-order valence-corrected chi connectivity index (χ0v) is 9.99. The van der Waals surface area contributed by atoms with Crippen molar-refractivity contribution in [3.05, 3.63) is 35.9 Å². The standard InChI is InChI=1S/C11H17O2Si/c1-4-11(14(12-2)13-3)10-8-6-5-7-9-10/h5-9,11H,4H2,1-3H3. The predicted molar refractivity (Wildman–Crippen MR) is 59.2 cm³/mol. The first kappa shape index (κ1) is 11.4. The zero-order chi connectivity index (χ0) is 10.4. The lowest BCUT2D eigenvalue weighted by Crippen LogP contribution is -2.28. The molecule has 0 amide bonds. The van der Waals surface area contributed by atoms with Gasteiger partial charge in [0.05, 0.1) is 0 Å². The fourth-order valence-corrected chi connectivity index (χ4v) is 3.13. The summed E-state index contributed by atoms with van der Waals surface area (Å²) in [4.78, 5) is 0. The largest absolute Gasteiger partial charge is 0.396 e. The van der Waals surface area contributed by atoms with Gasteiger partial charge in [-0.15, -0.1) is 0 Å². The molecule has 0 N–H and O–H groups in total. The summed E-state index contributed by atoms with van der Waals surface area (Å²) in [6.07, 6.45) is 1.06. The van der Waals surface area contributed by atoms with Crippen molar-refractivity contribution in [3.8, 4) is 0 Å². The second-order valence-corrected chi connectivity index (χ2v) is 5.25. The van der Waals surface area contributed by atoms with Gasteiger partial charge < -0.3 is 8.85 Å². The van der Waals surface area contributed by atoms with E-state index in [-0.39, 0.29) is 0 Å². The highest BCUT2D eigenvalue weighted by molar-refractivity contribution is 6.46. The summed E-state index contributed by atoms with van der Waals surface area (Å²) >= 11 is 0. The van der Waals surface area contributed by atoms with Gasteiger partial charge in [-0.05, 0) is 12.0 Å². The maximum atomic E-state index is 5.39.